The summed E-state index contributed by atoms with van der Waals surface area (Å²) in [6.07, 6.45) is 49.6. The fourth-order valence-corrected chi connectivity index (χ4v) is 7.24. The molecular weight excluding hydrogens is 860 g/mol. The van der Waals surface area contributed by atoms with Crippen LogP contribution in [-0.4, -0.2) is 98.9 Å². The van der Waals surface area contributed by atoms with E-state index in [9.17, 15) is 39.8 Å². The fourth-order valence-electron chi connectivity index (χ4n) is 6.26. The third kappa shape index (κ3) is 33.0. The number of rotatable bonds is 38. The zero-order chi connectivity index (χ0) is 48.4. The van der Waals surface area contributed by atoms with E-state index in [-0.39, 0.29) is 13.0 Å². The van der Waals surface area contributed by atoms with Crippen molar-refractivity contribution in [3.63, 3.8) is 0 Å². The molecule has 66 heavy (non-hydrogen) atoms. The minimum absolute atomic E-state index is 0.112. The maximum absolute atomic E-state index is 12.8. The van der Waals surface area contributed by atoms with E-state index in [1.807, 2.05) is 0 Å². The van der Waals surface area contributed by atoms with Crippen molar-refractivity contribution in [2.45, 2.75) is 172 Å². The van der Waals surface area contributed by atoms with Gasteiger partial charge in [0.25, 0.3) is 0 Å². The number of unbranched alkanes of at least 4 members (excludes halogenated alkanes) is 4. The first-order chi connectivity index (χ1) is 32.0. The molecule has 0 saturated heterocycles. The van der Waals surface area contributed by atoms with E-state index in [0.717, 1.165) is 103 Å². The lowest BCUT2D eigenvalue weighted by atomic mass is 9.85. The molecule has 0 aliphatic heterocycles. The summed E-state index contributed by atoms with van der Waals surface area (Å²) in [4.78, 5) is 23.2. The first-order valence-electron chi connectivity index (χ1n) is 24.0. The van der Waals surface area contributed by atoms with Gasteiger partial charge < -0.3 is 39.9 Å². The predicted molar refractivity (Wildman–Crippen MR) is 266 cm³/mol. The van der Waals surface area contributed by atoms with Gasteiger partial charge in [-0.2, -0.15) is 0 Å². The number of hydrogen-bond acceptors (Lipinski definition) is 11. The minimum atomic E-state index is -5.06. The number of carbonyl (C=O) groups is 1. The van der Waals surface area contributed by atoms with Gasteiger partial charge >= 0.3 is 13.8 Å². The number of aliphatic hydroxyl groups is 5. The number of phosphoric ester groups is 1. The summed E-state index contributed by atoms with van der Waals surface area (Å²) in [6, 6.07) is 0. The van der Waals surface area contributed by atoms with Gasteiger partial charge in [-0.15, -0.1) is 0 Å². The molecule has 0 aromatic carbocycles. The number of aliphatic hydroxyl groups excluding tert-OH is 5. The van der Waals surface area contributed by atoms with Crippen LogP contribution in [0.5, 0.6) is 0 Å². The number of hydrogen-bond donors (Lipinski definition) is 6. The van der Waals surface area contributed by atoms with E-state index in [1.54, 1.807) is 0 Å². The monoisotopic (exact) mass is 943 g/mol. The van der Waals surface area contributed by atoms with Crippen molar-refractivity contribution in [1.82, 2.24) is 0 Å². The van der Waals surface area contributed by atoms with Crippen LogP contribution in [0.25, 0.3) is 0 Å². The first-order valence-corrected chi connectivity index (χ1v) is 25.5. The molecule has 372 valence electrons. The van der Waals surface area contributed by atoms with E-state index < -0.39 is 63.1 Å². The van der Waals surface area contributed by atoms with E-state index >= 15 is 0 Å². The molecule has 1 aliphatic carbocycles. The largest absolute Gasteiger partial charge is 0.472 e. The molecule has 6 N–H and O–H groups in total. The molecule has 1 saturated carbocycles. The van der Waals surface area contributed by atoms with Crippen LogP contribution in [0.3, 0.4) is 0 Å². The van der Waals surface area contributed by atoms with Crippen molar-refractivity contribution in [2.75, 3.05) is 19.8 Å². The van der Waals surface area contributed by atoms with Gasteiger partial charge in [0, 0.05) is 13.0 Å². The van der Waals surface area contributed by atoms with Gasteiger partial charge in [-0.05, 0) is 109 Å². The van der Waals surface area contributed by atoms with E-state index in [2.05, 4.69) is 148 Å². The summed E-state index contributed by atoms with van der Waals surface area (Å²) in [5.74, 6) is -0.540. The Labute approximate surface area is 396 Å². The molecule has 0 heterocycles. The Morgan fingerprint density at radius 1 is 0.485 bits per heavy atom. The Hall–Kier alpha value is -3.52. The van der Waals surface area contributed by atoms with Crippen molar-refractivity contribution in [3.8, 4) is 0 Å². The highest BCUT2D eigenvalue weighted by molar-refractivity contribution is 7.47. The normalized spacial score (nSPS) is 22.6. The van der Waals surface area contributed by atoms with Crippen LogP contribution in [0.2, 0.25) is 0 Å². The standard InChI is InChI=1S/C53H83O12P/c1-3-5-7-9-11-13-15-17-19-20-21-22-23-24-25-26-27-29-31-33-35-37-39-41-43-62-44-46(45-63-66(60,61)65-53-51(58)49(56)48(55)50(57)52(53)59)64-47(54)42-40-38-36-34-32-30-28-18-16-14-12-10-8-6-4-2/h5-8,11-14,17-19,21-22,24-25,27-29,32-35,46,48-53,55-59H,3-4,9-10,15-16,20,23,26,30-31,36-45H2,1-2H3,(H,60,61)/b7-5-,8-6-,13-11-,14-12-,19-17-,22-21-,25-24-,28-18-,29-27-,34-32-,35-33-. The number of esters is 1. The van der Waals surface area contributed by atoms with Crippen LogP contribution in [0.4, 0.5) is 0 Å². The Balaban J connectivity index is 2.45. The van der Waals surface area contributed by atoms with Crippen molar-refractivity contribution in [2.24, 2.45) is 0 Å². The molecule has 0 aromatic heterocycles. The van der Waals surface area contributed by atoms with Crippen molar-refractivity contribution < 1.29 is 58.3 Å². The SMILES string of the molecule is CC/C=C\C/C=C\C/C=C\C/C=C\C/C=C\C/C=C\C/C=C\CCCCOCC(COP(=O)(O)OC1C(O)C(O)C(O)C(O)C1O)OC(=O)CCCC/C=C\C/C=C\C/C=C\C/C=C\CC. The molecular formula is C53H83O12P. The lowest BCUT2D eigenvalue weighted by Gasteiger charge is -2.41. The Morgan fingerprint density at radius 2 is 0.833 bits per heavy atom. The van der Waals surface area contributed by atoms with Crippen LogP contribution in [0, 0.1) is 0 Å². The Kier molecular flexibility index (Phi) is 38.2. The average Bonchev–Trinajstić information content (AvgIpc) is 3.30. The summed E-state index contributed by atoms with van der Waals surface area (Å²) >= 11 is 0. The zero-order valence-electron chi connectivity index (χ0n) is 39.7. The van der Waals surface area contributed by atoms with Gasteiger partial charge in [0.1, 0.15) is 42.7 Å². The van der Waals surface area contributed by atoms with Crippen LogP contribution < -0.4 is 0 Å². The van der Waals surface area contributed by atoms with E-state index in [1.165, 1.54) is 0 Å². The zero-order valence-corrected chi connectivity index (χ0v) is 40.6. The second kappa shape index (κ2) is 41.7. The van der Waals surface area contributed by atoms with Crippen LogP contribution >= 0.6 is 7.82 Å². The highest BCUT2D eigenvalue weighted by atomic mass is 31.2. The second-order valence-electron chi connectivity index (χ2n) is 15.8. The Morgan fingerprint density at radius 3 is 1.23 bits per heavy atom. The molecule has 6 unspecified atom stereocenters. The first kappa shape index (κ1) is 60.5. The average molecular weight is 943 g/mol. The second-order valence-corrected chi connectivity index (χ2v) is 17.2. The number of carbonyl (C=O) groups excluding carboxylic acids is 1. The quantitative estimate of drug-likeness (QED) is 0.0149. The smallest absolute Gasteiger partial charge is 0.457 e. The summed E-state index contributed by atoms with van der Waals surface area (Å²) in [5.41, 5.74) is 0. The van der Waals surface area contributed by atoms with Gasteiger partial charge in [0.2, 0.25) is 0 Å². The van der Waals surface area contributed by atoms with Gasteiger partial charge in [-0.25, -0.2) is 4.57 Å². The molecule has 13 heteroatoms. The maximum Gasteiger partial charge on any atom is 0.472 e. The van der Waals surface area contributed by atoms with Gasteiger partial charge in [-0.3, -0.25) is 13.8 Å². The van der Waals surface area contributed by atoms with Crippen LogP contribution in [0.15, 0.2) is 134 Å². The number of ether oxygens (including phenoxy) is 2. The lowest BCUT2D eigenvalue weighted by molar-refractivity contribution is -0.220. The van der Waals surface area contributed by atoms with Gasteiger partial charge in [-0.1, -0.05) is 148 Å². The van der Waals surface area contributed by atoms with Crippen molar-refractivity contribution in [1.29, 1.82) is 0 Å². The molecule has 1 fully saturated rings. The molecule has 0 aromatic rings. The van der Waals surface area contributed by atoms with Crippen LogP contribution in [-0.2, 0) is 27.9 Å². The highest BCUT2D eigenvalue weighted by Crippen LogP contribution is 2.47. The molecule has 1 aliphatic rings. The molecule has 1 rings (SSSR count). The third-order valence-corrected chi connectivity index (χ3v) is 11.0. The predicted octanol–water partition coefficient (Wildman–Crippen LogP) is 10.4. The topological polar surface area (TPSA) is 192 Å². The molecule has 0 spiro atoms. The molecule has 6 atom stereocenters. The maximum atomic E-state index is 12.8. The van der Waals surface area contributed by atoms with E-state index in [4.69, 9.17) is 18.5 Å². The van der Waals surface area contributed by atoms with E-state index in [0.29, 0.717) is 13.0 Å². The lowest BCUT2D eigenvalue weighted by Crippen LogP contribution is -2.64. The summed E-state index contributed by atoms with van der Waals surface area (Å²) in [7, 11) is -5.06. The Bertz CT molecular complexity index is 1590. The molecule has 0 amide bonds. The highest BCUT2D eigenvalue weighted by Gasteiger charge is 2.51. The summed E-state index contributed by atoms with van der Waals surface area (Å²) in [6.45, 7) is 3.85. The summed E-state index contributed by atoms with van der Waals surface area (Å²) < 4.78 is 34.1. The fraction of sp³-hybridized carbons (Fsp3) is 0.566. The number of allylic oxidation sites excluding steroid dienone is 22. The van der Waals surface area contributed by atoms with Crippen molar-refractivity contribution >= 4 is 13.8 Å². The summed E-state index contributed by atoms with van der Waals surface area (Å²) in [5, 5.41) is 50.2. The molecule has 0 bridgehead atoms. The molecule has 0 radical (unpaired) electrons. The van der Waals surface area contributed by atoms with Crippen molar-refractivity contribution in [3.05, 3.63) is 134 Å². The third-order valence-electron chi connectivity index (χ3n) is 10.0. The van der Waals surface area contributed by atoms with Gasteiger partial charge in [0.15, 0.2) is 0 Å². The number of phosphoric acid groups is 1. The minimum Gasteiger partial charge on any atom is -0.457 e. The van der Waals surface area contributed by atoms with Crippen LogP contribution in [0.1, 0.15) is 129 Å². The van der Waals surface area contributed by atoms with Gasteiger partial charge in [0.05, 0.1) is 13.2 Å². The molecule has 12 nitrogen and oxygen atoms in total.